The predicted octanol–water partition coefficient (Wildman–Crippen LogP) is 2.54. The van der Waals surface area contributed by atoms with Gasteiger partial charge < -0.3 is 4.74 Å². The number of hydrogen-bond donors (Lipinski definition) is 0. The smallest absolute Gasteiger partial charge is 0.122 e. The molecule has 2 aliphatic rings. The number of nitrogens with zero attached hydrogens (tertiary/aromatic N) is 2. The molecule has 0 saturated carbocycles. The van der Waals surface area contributed by atoms with Crippen molar-refractivity contribution in [3.05, 3.63) is 29.3 Å². The van der Waals surface area contributed by atoms with Crippen molar-refractivity contribution in [2.75, 3.05) is 19.7 Å². The van der Waals surface area contributed by atoms with Crippen LogP contribution in [-0.2, 0) is 12.8 Å². The summed E-state index contributed by atoms with van der Waals surface area (Å²) in [5, 5.41) is 9.18. The van der Waals surface area contributed by atoms with Gasteiger partial charge in [0.2, 0.25) is 0 Å². The van der Waals surface area contributed by atoms with E-state index in [-0.39, 0.29) is 6.04 Å². The highest BCUT2D eigenvalue weighted by molar-refractivity contribution is 5.39. The van der Waals surface area contributed by atoms with E-state index in [9.17, 15) is 5.26 Å². The molecule has 2 aliphatic heterocycles. The molecule has 3 rings (SSSR count). The molecule has 2 heterocycles. The zero-order valence-electron chi connectivity index (χ0n) is 11.3. The lowest BCUT2D eigenvalue weighted by molar-refractivity contribution is 0.187. The topological polar surface area (TPSA) is 36.3 Å². The van der Waals surface area contributed by atoms with E-state index < -0.39 is 0 Å². The SMILES string of the molecule is N#CC1CCCCN1CCc1ccc2c(c1)CCO2. The normalized spacial score (nSPS) is 22.6. The quantitative estimate of drug-likeness (QED) is 0.834. The fraction of sp³-hybridized carbons (Fsp3) is 0.562. The van der Waals surface area contributed by atoms with E-state index in [1.54, 1.807) is 0 Å². The Morgan fingerprint density at radius 2 is 2.32 bits per heavy atom. The van der Waals surface area contributed by atoms with Crippen molar-refractivity contribution in [2.24, 2.45) is 0 Å². The van der Waals surface area contributed by atoms with Gasteiger partial charge in [-0.15, -0.1) is 0 Å². The average Bonchev–Trinajstić information content (AvgIpc) is 2.93. The second-order valence-electron chi connectivity index (χ2n) is 5.47. The lowest BCUT2D eigenvalue weighted by atomic mass is 10.0. The van der Waals surface area contributed by atoms with Gasteiger partial charge in [0, 0.05) is 13.0 Å². The summed E-state index contributed by atoms with van der Waals surface area (Å²) in [5.74, 6) is 1.05. The van der Waals surface area contributed by atoms with E-state index in [0.29, 0.717) is 0 Å². The Hall–Kier alpha value is -1.53. The molecule has 0 radical (unpaired) electrons. The maximum atomic E-state index is 9.18. The van der Waals surface area contributed by atoms with Gasteiger partial charge >= 0.3 is 0 Å². The first-order valence-electron chi connectivity index (χ1n) is 7.25. The molecule has 0 aromatic heterocycles. The minimum Gasteiger partial charge on any atom is -0.493 e. The highest BCUT2D eigenvalue weighted by Gasteiger charge is 2.21. The van der Waals surface area contributed by atoms with E-state index in [2.05, 4.69) is 29.2 Å². The Balaban J connectivity index is 1.61. The van der Waals surface area contributed by atoms with E-state index >= 15 is 0 Å². The van der Waals surface area contributed by atoms with Gasteiger partial charge in [-0.25, -0.2) is 0 Å². The summed E-state index contributed by atoms with van der Waals surface area (Å²) in [6, 6.07) is 9.10. The van der Waals surface area contributed by atoms with E-state index in [0.717, 1.165) is 44.7 Å². The van der Waals surface area contributed by atoms with Crippen molar-refractivity contribution in [3.63, 3.8) is 0 Å². The van der Waals surface area contributed by atoms with E-state index in [1.165, 1.54) is 24.0 Å². The number of hydrogen-bond acceptors (Lipinski definition) is 3. The van der Waals surface area contributed by atoms with Crippen molar-refractivity contribution in [1.29, 1.82) is 5.26 Å². The lowest BCUT2D eigenvalue weighted by Crippen LogP contribution is -2.39. The second kappa shape index (κ2) is 5.63. The fourth-order valence-electron chi connectivity index (χ4n) is 3.07. The van der Waals surface area contributed by atoms with Crippen LogP contribution in [-0.4, -0.2) is 30.6 Å². The summed E-state index contributed by atoms with van der Waals surface area (Å²) in [6.45, 7) is 2.89. The Bertz CT molecular complexity index is 492. The maximum Gasteiger partial charge on any atom is 0.122 e. The first-order chi connectivity index (χ1) is 9.36. The molecular formula is C16H20N2O. The minimum atomic E-state index is 0.131. The molecule has 1 atom stereocenters. The summed E-state index contributed by atoms with van der Waals surface area (Å²) >= 11 is 0. The maximum absolute atomic E-state index is 9.18. The molecule has 0 amide bonds. The van der Waals surface area contributed by atoms with Gasteiger partial charge in [0.25, 0.3) is 0 Å². The van der Waals surface area contributed by atoms with Crippen molar-refractivity contribution < 1.29 is 4.74 Å². The van der Waals surface area contributed by atoms with Gasteiger partial charge in [0.1, 0.15) is 5.75 Å². The first-order valence-corrected chi connectivity index (χ1v) is 7.25. The first kappa shape index (κ1) is 12.5. The van der Waals surface area contributed by atoms with Crippen molar-refractivity contribution >= 4 is 0 Å². The molecule has 0 aliphatic carbocycles. The Morgan fingerprint density at radius 3 is 3.21 bits per heavy atom. The van der Waals surface area contributed by atoms with Crippen LogP contribution in [0.2, 0.25) is 0 Å². The van der Waals surface area contributed by atoms with Crippen LogP contribution in [0.15, 0.2) is 18.2 Å². The van der Waals surface area contributed by atoms with Gasteiger partial charge in [0.05, 0.1) is 18.7 Å². The average molecular weight is 256 g/mol. The van der Waals surface area contributed by atoms with Gasteiger partial charge in [-0.1, -0.05) is 12.1 Å². The van der Waals surface area contributed by atoms with Crippen LogP contribution >= 0.6 is 0 Å². The molecule has 19 heavy (non-hydrogen) atoms. The molecule has 0 bridgehead atoms. The molecule has 1 aromatic carbocycles. The molecule has 100 valence electrons. The summed E-state index contributed by atoms with van der Waals surface area (Å²) in [6.07, 6.45) is 5.54. The Morgan fingerprint density at radius 1 is 1.37 bits per heavy atom. The number of rotatable bonds is 3. The van der Waals surface area contributed by atoms with Crippen LogP contribution in [0.1, 0.15) is 30.4 Å². The van der Waals surface area contributed by atoms with Gasteiger partial charge in [-0.2, -0.15) is 5.26 Å². The second-order valence-corrected chi connectivity index (χ2v) is 5.47. The monoisotopic (exact) mass is 256 g/mol. The third-order valence-corrected chi connectivity index (χ3v) is 4.20. The molecule has 1 fully saturated rings. The van der Waals surface area contributed by atoms with Crippen LogP contribution in [0, 0.1) is 11.3 Å². The van der Waals surface area contributed by atoms with E-state index in [4.69, 9.17) is 4.74 Å². The van der Waals surface area contributed by atoms with Crippen LogP contribution < -0.4 is 4.74 Å². The molecule has 3 nitrogen and oxygen atoms in total. The van der Waals surface area contributed by atoms with Gasteiger partial charge in [-0.3, -0.25) is 4.90 Å². The molecule has 3 heteroatoms. The highest BCUT2D eigenvalue weighted by Crippen LogP contribution is 2.26. The van der Waals surface area contributed by atoms with Crippen molar-refractivity contribution in [1.82, 2.24) is 4.90 Å². The summed E-state index contributed by atoms with van der Waals surface area (Å²) < 4.78 is 5.53. The third-order valence-electron chi connectivity index (χ3n) is 4.20. The largest absolute Gasteiger partial charge is 0.493 e. The molecule has 0 spiro atoms. The molecule has 1 unspecified atom stereocenters. The highest BCUT2D eigenvalue weighted by atomic mass is 16.5. The summed E-state index contributed by atoms with van der Waals surface area (Å²) in [7, 11) is 0. The fourth-order valence-corrected chi connectivity index (χ4v) is 3.07. The van der Waals surface area contributed by atoms with Gasteiger partial charge in [-0.05, 0) is 49.4 Å². The van der Waals surface area contributed by atoms with Crippen LogP contribution in [0.4, 0.5) is 0 Å². The Labute approximate surface area is 114 Å². The van der Waals surface area contributed by atoms with Crippen molar-refractivity contribution in [3.8, 4) is 11.8 Å². The van der Waals surface area contributed by atoms with Crippen molar-refractivity contribution in [2.45, 2.75) is 38.1 Å². The Kier molecular flexibility index (Phi) is 3.70. The number of nitriles is 1. The predicted molar refractivity (Wildman–Crippen MR) is 74.2 cm³/mol. The number of likely N-dealkylation sites (tertiary alicyclic amines) is 1. The summed E-state index contributed by atoms with van der Waals surface area (Å²) in [4.78, 5) is 2.34. The summed E-state index contributed by atoms with van der Waals surface area (Å²) in [5.41, 5.74) is 2.71. The molecule has 1 aromatic rings. The molecule has 0 N–H and O–H groups in total. The number of fused-ring (bicyclic) bond motifs is 1. The third kappa shape index (κ3) is 2.74. The lowest BCUT2D eigenvalue weighted by Gasteiger charge is -2.31. The molecule has 1 saturated heterocycles. The van der Waals surface area contributed by atoms with Crippen LogP contribution in [0.5, 0.6) is 5.75 Å². The standard InChI is InChI=1S/C16H20N2O/c17-12-15-3-1-2-8-18(15)9-6-13-4-5-16-14(11-13)7-10-19-16/h4-5,11,15H,1-3,6-10H2. The zero-order chi connectivity index (χ0) is 13.1. The zero-order valence-corrected chi connectivity index (χ0v) is 11.3. The molecular weight excluding hydrogens is 236 g/mol. The van der Waals surface area contributed by atoms with E-state index in [1.807, 2.05) is 0 Å². The number of benzene rings is 1. The minimum absolute atomic E-state index is 0.131. The number of piperidine rings is 1. The van der Waals surface area contributed by atoms with Crippen LogP contribution in [0.3, 0.4) is 0 Å². The van der Waals surface area contributed by atoms with Gasteiger partial charge in [0.15, 0.2) is 0 Å². The van der Waals surface area contributed by atoms with Crippen LogP contribution in [0.25, 0.3) is 0 Å². The number of ether oxygens (including phenoxy) is 1.